The summed E-state index contributed by atoms with van der Waals surface area (Å²) in [4.78, 5) is 2.01. The van der Waals surface area contributed by atoms with E-state index in [9.17, 15) is 0 Å². The van der Waals surface area contributed by atoms with E-state index in [-0.39, 0.29) is 18.3 Å². The van der Waals surface area contributed by atoms with Crippen LogP contribution in [-0.4, -0.2) is 32.4 Å². The molecule has 1 saturated heterocycles. The van der Waals surface area contributed by atoms with Gasteiger partial charge in [0.2, 0.25) is 0 Å². The molecule has 1 heterocycles. The number of halogens is 1. The molecule has 0 unspecified atom stereocenters. The van der Waals surface area contributed by atoms with Crippen molar-refractivity contribution < 1.29 is 9.31 Å². The van der Waals surface area contributed by atoms with E-state index in [2.05, 4.69) is 0 Å². The minimum absolute atomic E-state index is 0.335. The van der Waals surface area contributed by atoms with Crippen molar-refractivity contribution in [2.45, 2.75) is 38.9 Å². The molecule has 0 bridgehead atoms. The SMILES string of the molecule is CN(C)c1cc(Cl)cc(B2OC(C)(C)C(C)(C)O2)c1. The first-order valence-corrected chi connectivity index (χ1v) is 6.84. The molecule has 0 saturated carbocycles. The third kappa shape index (κ3) is 2.76. The van der Waals surface area contributed by atoms with Crippen molar-refractivity contribution in [3.63, 3.8) is 0 Å². The Bertz CT molecular complexity index is 472. The van der Waals surface area contributed by atoms with Crippen molar-refractivity contribution in [3.8, 4) is 0 Å². The van der Waals surface area contributed by atoms with Crippen molar-refractivity contribution >= 4 is 29.9 Å². The number of hydrogen-bond donors (Lipinski definition) is 0. The minimum Gasteiger partial charge on any atom is -0.399 e. The van der Waals surface area contributed by atoms with Gasteiger partial charge in [-0.3, -0.25) is 0 Å². The zero-order valence-electron chi connectivity index (χ0n) is 12.5. The van der Waals surface area contributed by atoms with Gasteiger partial charge in [-0.2, -0.15) is 0 Å². The standard InChI is InChI=1S/C14H21BClNO2/c1-13(2)14(3,4)19-15(18-13)10-7-11(16)9-12(8-10)17(5)6/h7-9H,1-6H3. The lowest BCUT2D eigenvalue weighted by atomic mass is 9.79. The minimum atomic E-state index is -0.373. The molecule has 19 heavy (non-hydrogen) atoms. The summed E-state index contributed by atoms with van der Waals surface area (Å²) < 4.78 is 12.1. The average Bonchev–Trinajstić information content (AvgIpc) is 2.47. The van der Waals surface area contributed by atoms with Crippen LogP contribution in [0.5, 0.6) is 0 Å². The van der Waals surface area contributed by atoms with Crippen molar-refractivity contribution in [3.05, 3.63) is 23.2 Å². The summed E-state index contributed by atoms with van der Waals surface area (Å²) in [6, 6.07) is 5.88. The smallest absolute Gasteiger partial charge is 0.399 e. The van der Waals surface area contributed by atoms with Crippen molar-refractivity contribution in [1.82, 2.24) is 0 Å². The van der Waals surface area contributed by atoms with Crippen LogP contribution in [0.1, 0.15) is 27.7 Å². The molecule has 0 amide bonds. The zero-order chi connectivity index (χ0) is 14.4. The number of hydrogen-bond acceptors (Lipinski definition) is 3. The lowest BCUT2D eigenvalue weighted by molar-refractivity contribution is 0.00578. The van der Waals surface area contributed by atoms with Crippen LogP contribution >= 0.6 is 11.6 Å². The fourth-order valence-electron chi connectivity index (χ4n) is 1.97. The van der Waals surface area contributed by atoms with Gasteiger partial charge < -0.3 is 14.2 Å². The number of benzene rings is 1. The second-order valence-corrected chi connectivity index (χ2v) is 6.66. The van der Waals surface area contributed by atoms with Gasteiger partial charge in [-0.25, -0.2) is 0 Å². The third-order valence-corrected chi connectivity index (χ3v) is 4.16. The molecule has 0 atom stereocenters. The second-order valence-electron chi connectivity index (χ2n) is 6.23. The molecular formula is C14H21BClNO2. The van der Waals surface area contributed by atoms with Gasteiger partial charge >= 0.3 is 7.12 Å². The van der Waals surface area contributed by atoms with E-state index in [1.807, 2.05) is 64.9 Å². The monoisotopic (exact) mass is 281 g/mol. The summed E-state index contributed by atoms with van der Waals surface area (Å²) >= 11 is 6.18. The lowest BCUT2D eigenvalue weighted by Crippen LogP contribution is -2.41. The first-order chi connectivity index (χ1) is 8.62. The van der Waals surface area contributed by atoms with Crippen LogP contribution in [0.2, 0.25) is 5.02 Å². The van der Waals surface area contributed by atoms with Gasteiger partial charge in [0.05, 0.1) is 11.2 Å². The first-order valence-electron chi connectivity index (χ1n) is 6.46. The molecule has 0 aromatic heterocycles. The quantitative estimate of drug-likeness (QED) is 0.778. The molecule has 104 valence electrons. The predicted octanol–water partition coefficient (Wildman–Crippen LogP) is 2.71. The second kappa shape index (κ2) is 4.69. The fraction of sp³-hybridized carbons (Fsp3) is 0.571. The molecule has 1 aliphatic heterocycles. The molecule has 1 fully saturated rings. The van der Waals surface area contributed by atoms with E-state index in [4.69, 9.17) is 20.9 Å². The normalized spacial score (nSPS) is 20.7. The van der Waals surface area contributed by atoms with Gasteiger partial charge in [0.1, 0.15) is 0 Å². The number of nitrogens with zero attached hydrogens (tertiary/aromatic N) is 1. The average molecular weight is 282 g/mol. The molecule has 2 rings (SSSR count). The Labute approximate surface area is 121 Å². The van der Waals surface area contributed by atoms with Gasteiger partial charge in [-0.15, -0.1) is 0 Å². The Morgan fingerprint density at radius 3 is 2.00 bits per heavy atom. The maximum atomic E-state index is 6.18. The summed E-state index contributed by atoms with van der Waals surface area (Å²) in [7, 11) is 3.60. The van der Waals surface area contributed by atoms with Gasteiger partial charge in [-0.05, 0) is 51.4 Å². The summed E-state index contributed by atoms with van der Waals surface area (Å²) in [5, 5.41) is 0.691. The zero-order valence-corrected chi connectivity index (χ0v) is 13.2. The van der Waals surface area contributed by atoms with E-state index in [0.717, 1.165) is 11.2 Å². The predicted molar refractivity (Wildman–Crippen MR) is 81.5 cm³/mol. The summed E-state index contributed by atoms with van der Waals surface area (Å²) in [6.45, 7) is 8.18. The molecule has 0 spiro atoms. The third-order valence-electron chi connectivity index (χ3n) is 3.95. The van der Waals surface area contributed by atoms with Gasteiger partial charge in [0.15, 0.2) is 0 Å². The lowest BCUT2D eigenvalue weighted by Gasteiger charge is -2.32. The Morgan fingerprint density at radius 1 is 1.00 bits per heavy atom. The Balaban J connectivity index is 2.34. The molecule has 0 radical (unpaired) electrons. The van der Waals surface area contributed by atoms with Gasteiger partial charge in [-0.1, -0.05) is 11.6 Å². The topological polar surface area (TPSA) is 21.7 Å². The highest BCUT2D eigenvalue weighted by Crippen LogP contribution is 2.36. The van der Waals surface area contributed by atoms with E-state index in [1.54, 1.807) is 0 Å². The Morgan fingerprint density at radius 2 is 1.53 bits per heavy atom. The van der Waals surface area contributed by atoms with Gasteiger partial charge in [0, 0.05) is 24.8 Å². The van der Waals surface area contributed by atoms with Gasteiger partial charge in [0.25, 0.3) is 0 Å². The van der Waals surface area contributed by atoms with Crippen molar-refractivity contribution in [2.75, 3.05) is 19.0 Å². The highest BCUT2D eigenvalue weighted by atomic mass is 35.5. The van der Waals surface area contributed by atoms with Crippen LogP contribution in [0.3, 0.4) is 0 Å². The highest BCUT2D eigenvalue weighted by Gasteiger charge is 2.51. The maximum absolute atomic E-state index is 6.18. The Kier molecular flexibility index (Phi) is 3.63. The summed E-state index contributed by atoms with van der Waals surface area (Å²) in [5.74, 6) is 0. The number of rotatable bonds is 2. The Hall–Kier alpha value is -0.705. The van der Waals surface area contributed by atoms with E-state index < -0.39 is 0 Å². The van der Waals surface area contributed by atoms with Crippen LogP contribution in [0.15, 0.2) is 18.2 Å². The molecule has 0 aliphatic carbocycles. The van der Waals surface area contributed by atoms with E-state index >= 15 is 0 Å². The summed E-state index contributed by atoms with van der Waals surface area (Å²) in [6.07, 6.45) is 0. The molecular weight excluding hydrogens is 260 g/mol. The van der Waals surface area contributed by atoms with Crippen molar-refractivity contribution in [1.29, 1.82) is 0 Å². The molecule has 1 aromatic carbocycles. The van der Waals surface area contributed by atoms with Crippen LogP contribution in [0.25, 0.3) is 0 Å². The van der Waals surface area contributed by atoms with Crippen molar-refractivity contribution in [2.24, 2.45) is 0 Å². The molecule has 1 aliphatic rings. The van der Waals surface area contributed by atoms with Crippen LogP contribution < -0.4 is 10.4 Å². The molecule has 1 aromatic rings. The first kappa shape index (κ1) is 14.7. The highest BCUT2D eigenvalue weighted by molar-refractivity contribution is 6.62. The van der Waals surface area contributed by atoms with Crippen LogP contribution in [0, 0.1) is 0 Å². The molecule has 5 heteroatoms. The maximum Gasteiger partial charge on any atom is 0.494 e. The van der Waals surface area contributed by atoms with E-state index in [0.29, 0.717) is 5.02 Å². The largest absolute Gasteiger partial charge is 0.494 e. The van der Waals surface area contributed by atoms with Crippen LogP contribution in [0.4, 0.5) is 5.69 Å². The molecule has 3 nitrogen and oxygen atoms in total. The van der Waals surface area contributed by atoms with E-state index in [1.165, 1.54) is 0 Å². The molecule has 0 N–H and O–H groups in total. The fourth-order valence-corrected chi connectivity index (χ4v) is 2.21. The number of anilines is 1. The summed E-state index contributed by atoms with van der Waals surface area (Å²) in [5.41, 5.74) is 1.32. The van der Waals surface area contributed by atoms with Crippen LogP contribution in [-0.2, 0) is 9.31 Å².